The van der Waals surface area contributed by atoms with Gasteiger partial charge in [0.2, 0.25) is 0 Å². The van der Waals surface area contributed by atoms with Gasteiger partial charge in [0.1, 0.15) is 0 Å². The first kappa shape index (κ1) is 10.0. The van der Waals surface area contributed by atoms with Crippen LogP contribution in [-0.4, -0.2) is 0 Å². The predicted molar refractivity (Wildman–Crippen MR) is 61.7 cm³/mol. The van der Waals surface area contributed by atoms with Gasteiger partial charge in [-0.1, -0.05) is 49.4 Å². The maximum Gasteiger partial charge on any atom is 0.0408 e. The molecule has 14 heavy (non-hydrogen) atoms. The number of hydrogen-bond donors (Lipinski definition) is 0. The van der Waals surface area contributed by atoms with Crippen LogP contribution in [-0.2, 0) is 6.42 Å². The lowest BCUT2D eigenvalue weighted by atomic mass is 9.81. The summed E-state index contributed by atoms with van der Waals surface area (Å²) < 4.78 is 0. The van der Waals surface area contributed by atoms with Gasteiger partial charge in [-0.05, 0) is 36.5 Å². The SMILES string of the molecule is Clc1cccc(CCCC2CCC2)c1. The number of benzene rings is 1. The largest absolute Gasteiger partial charge is 0.0843 e. The molecule has 0 saturated heterocycles. The van der Waals surface area contributed by atoms with Crippen molar-refractivity contribution in [1.29, 1.82) is 0 Å². The van der Waals surface area contributed by atoms with E-state index in [1.807, 2.05) is 12.1 Å². The minimum absolute atomic E-state index is 0.867. The number of hydrogen-bond acceptors (Lipinski definition) is 0. The molecule has 1 saturated carbocycles. The average Bonchev–Trinajstić information content (AvgIpc) is 2.09. The predicted octanol–water partition coefficient (Wildman–Crippen LogP) is 4.46. The van der Waals surface area contributed by atoms with E-state index in [4.69, 9.17) is 11.6 Å². The van der Waals surface area contributed by atoms with Crippen LogP contribution in [0.25, 0.3) is 0 Å². The highest BCUT2D eigenvalue weighted by molar-refractivity contribution is 6.30. The lowest BCUT2D eigenvalue weighted by molar-refractivity contribution is 0.290. The summed E-state index contributed by atoms with van der Waals surface area (Å²) in [4.78, 5) is 0. The molecular formula is C13H17Cl. The summed E-state index contributed by atoms with van der Waals surface area (Å²) in [5.41, 5.74) is 1.39. The fraction of sp³-hybridized carbons (Fsp3) is 0.538. The Balaban J connectivity index is 1.74. The van der Waals surface area contributed by atoms with Gasteiger partial charge in [0, 0.05) is 5.02 Å². The van der Waals surface area contributed by atoms with Crippen LogP contribution in [0.4, 0.5) is 0 Å². The zero-order valence-corrected chi connectivity index (χ0v) is 9.26. The Morgan fingerprint density at radius 3 is 2.79 bits per heavy atom. The molecule has 0 bridgehead atoms. The summed E-state index contributed by atoms with van der Waals surface area (Å²) in [5, 5.41) is 0.867. The fourth-order valence-corrected chi connectivity index (χ4v) is 2.28. The third-order valence-corrected chi connectivity index (χ3v) is 3.43. The quantitative estimate of drug-likeness (QED) is 0.685. The molecule has 1 aromatic carbocycles. The van der Waals surface area contributed by atoms with Crippen molar-refractivity contribution in [2.45, 2.75) is 38.5 Å². The van der Waals surface area contributed by atoms with Crippen molar-refractivity contribution in [2.75, 3.05) is 0 Å². The standard InChI is InChI=1S/C13H17Cl/c14-13-9-3-8-12(10-13)7-2-6-11-4-1-5-11/h3,8-11H,1-2,4-7H2. The summed E-state index contributed by atoms with van der Waals surface area (Å²) in [6.07, 6.45) is 8.32. The molecule has 1 aliphatic carbocycles. The average molecular weight is 209 g/mol. The van der Waals surface area contributed by atoms with Gasteiger partial charge in [-0.25, -0.2) is 0 Å². The molecule has 1 heteroatoms. The van der Waals surface area contributed by atoms with Crippen molar-refractivity contribution in [1.82, 2.24) is 0 Å². The Morgan fingerprint density at radius 1 is 1.29 bits per heavy atom. The molecule has 1 aliphatic rings. The Hall–Kier alpha value is -0.490. The second-order valence-electron chi connectivity index (χ2n) is 4.32. The highest BCUT2D eigenvalue weighted by atomic mass is 35.5. The van der Waals surface area contributed by atoms with Gasteiger partial charge in [-0.3, -0.25) is 0 Å². The molecule has 2 rings (SSSR count). The highest BCUT2D eigenvalue weighted by Gasteiger charge is 2.16. The maximum absolute atomic E-state index is 5.92. The molecule has 0 radical (unpaired) electrons. The monoisotopic (exact) mass is 208 g/mol. The summed E-state index contributed by atoms with van der Waals surface area (Å²) in [6.45, 7) is 0. The van der Waals surface area contributed by atoms with Crippen molar-refractivity contribution in [3.63, 3.8) is 0 Å². The zero-order chi connectivity index (χ0) is 9.80. The molecular weight excluding hydrogens is 192 g/mol. The summed E-state index contributed by atoms with van der Waals surface area (Å²) >= 11 is 5.92. The number of aryl methyl sites for hydroxylation is 1. The van der Waals surface area contributed by atoms with Gasteiger partial charge in [-0.2, -0.15) is 0 Å². The summed E-state index contributed by atoms with van der Waals surface area (Å²) in [7, 11) is 0. The zero-order valence-electron chi connectivity index (χ0n) is 8.51. The third-order valence-electron chi connectivity index (χ3n) is 3.19. The maximum atomic E-state index is 5.92. The summed E-state index contributed by atoms with van der Waals surface area (Å²) in [6, 6.07) is 8.24. The Labute approximate surface area is 91.3 Å². The molecule has 0 unspecified atom stereocenters. The van der Waals surface area contributed by atoms with Crippen molar-refractivity contribution >= 4 is 11.6 Å². The summed E-state index contributed by atoms with van der Waals surface area (Å²) in [5.74, 6) is 1.04. The van der Waals surface area contributed by atoms with Crippen LogP contribution in [0.5, 0.6) is 0 Å². The fourth-order valence-electron chi connectivity index (χ4n) is 2.07. The van der Waals surface area contributed by atoms with Gasteiger partial charge in [0.25, 0.3) is 0 Å². The van der Waals surface area contributed by atoms with E-state index >= 15 is 0 Å². The topological polar surface area (TPSA) is 0 Å². The van der Waals surface area contributed by atoms with E-state index in [1.54, 1.807) is 0 Å². The minimum Gasteiger partial charge on any atom is -0.0843 e. The van der Waals surface area contributed by atoms with Gasteiger partial charge < -0.3 is 0 Å². The van der Waals surface area contributed by atoms with Crippen LogP contribution < -0.4 is 0 Å². The minimum atomic E-state index is 0.867. The molecule has 0 aliphatic heterocycles. The van der Waals surface area contributed by atoms with Gasteiger partial charge >= 0.3 is 0 Å². The van der Waals surface area contributed by atoms with E-state index in [-0.39, 0.29) is 0 Å². The van der Waals surface area contributed by atoms with E-state index < -0.39 is 0 Å². The van der Waals surface area contributed by atoms with Crippen LogP contribution in [0.15, 0.2) is 24.3 Å². The van der Waals surface area contributed by atoms with Crippen LogP contribution >= 0.6 is 11.6 Å². The first-order valence-electron chi connectivity index (χ1n) is 5.59. The third kappa shape index (κ3) is 2.75. The smallest absolute Gasteiger partial charge is 0.0408 e. The van der Waals surface area contributed by atoms with Crippen LogP contribution in [0.1, 0.15) is 37.7 Å². The van der Waals surface area contributed by atoms with Crippen molar-refractivity contribution < 1.29 is 0 Å². The normalized spacial score (nSPS) is 16.6. The first-order chi connectivity index (χ1) is 6.84. The second-order valence-corrected chi connectivity index (χ2v) is 4.76. The van der Waals surface area contributed by atoms with E-state index in [1.165, 1.54) is 44.1 Å². The molecule has 0 heterocycles. The van der Waals surface area contributed by atoms with E-state index in [2.05, 4.69) is 12.1 Å². The second kappa shape index (κ2) is 4.84. The van der Waals surface area contributed by atoms with Crippen LogP contribution in [0.2, 0.25) is 5.02 Å². The first-order valence-corrected chi connectivity index (χ1v) is 5.97. The van der Waals surface area contributed by atoms with Crippen LogP contribution in [0, 0.1) is 5.92 Å². The Kier molecular flexibility index (Phi) is 3.47. The molecule has 0 N–H and O–H groups in total. The van der Waals surface area contributed by atoms with E-state index in [9.17, 15) is 0 Å². The molecule has 76 valence electrons. The Morgan fingerprint density at radius 2 is 2.14 bits per heavy atom. The van der Waals surface area contributed by atoms with Crippen molar-refractivity contribution in [3.8, 4) is 0 Å². The highest BCUT2D eigenvalue weighted by Crippen LogP contribution is 2.30. The Bertz CT molecular complexity index is 289. The lowest BCUT2D eigenvalue weighted by Gasteiger charge is -2.24. The van der Waals surface area contributed by atoms with E-state index in [0.717, 1.165) is 10.9 Å². The van der Waals surface area contributed by atoms with Gasteiger partial charge in [-0.15, -0.1) is 0 Å². The molecule has 0 aromatic heterocycles. The van der Waals surface area contributed by atoms with Crippen molar-refractivity contribution in [3.05, 3.63) is 34.9 Å². The molecule has 0 atom stereocenters. The molecule has 1 aromatic rings. The van der Waals surface area contributed by atoms with E-state index in [0.29, 0.717) is 0 Å². The number of halogens is 1. The molecule has 0 nitrogen and oxygen atoms in total. The van der Waals surface area contributed by atoms with Gasteiger partial charge in [0.15, 0.2) is 0 Å². The molecule has 0 spiro atoms. The molecule has 0 amide bonds. The van der Waals surface area contributed by atoms with Crippen molar-refractivity contribution in [2.24, 2.45) is 5.92 Å². The molecule has 1 fully saturated rings. The van der Waals surface area contributed by atoms with Crippen LogP contribution in [0.3, 0.4) is 0 Å². The number of rotatable bonds is 4. The lowest BCUT2D eigenvalue weighted by Crippen LogP contribution is -2.10. The van der Waals surface area contributed by atoms with Gasteiger partial charge in [0.05, 0.1) is 0 Å².